The predicted octanol–water partition coefficient (Wildman–Crippen LogP) is 14.6. The number of hydrogen-bond donors (Lipinski definition) is 3. The van der Waals surface area contributed by atoms with Crippen LogP contribution in [0.2, 0.25) is 0 Å². The molecular formula is C53H93NO5. The van der Waals surface area contributed by atoms with Gasteiger partial charge in [0.2, 0.25) is 5.91 Å². The molecule has 340 valence electrons. The van der Waals surface area contributed by atoms with Crippen LogP contribution in [0.5, 0.6) is 0 Å². The summed E-state index contributed by atoms with van der Waals surface area (Å²) in [6.45, 7) is 6.30. The number of allylic oxidation sites excluding steroid dienone is 12. The number of esters is 1. The van der Waals surface area contributed by atoms with Crippen LogP contribution in [-0.4, -0.2) is 46.9 Å². The molecule has 0 aromatic carbocycles. The highest BCUT2D eigenvalue weighted by atomic mass is 16.5. The van der Waals surface area contributed by atoms with Crippen LogP contribution < -0.4 is 5.32 Å². The molecule has 0 bridgehead atoms. The van der Waals surface area contributed by atoms with Gasteiger partial charge in [0.15, 0.2) is 0 Å². The SMILES string of the molecule is CC\C=C/C=C/C=C/C=C\C=C\C=C\CCCC(CC(=O)NC(CO)C(O)CCCCCCCCCCCCCCCC)OC(=O)CCCCCCCCCCCCC. The van der Waals surface area contributed by atoms with Gasteiger partial charge < -0.3 is 20.3 Å². The van der Waals surface area contributed by atoms with E-state index in [0.29, 0.717) is 19.3 Å². The molecule has 0 rings (SSSR count). The van der Waals surface area contributed by atoms with Crippen molar-refractivity contribution in [2.24, 2.45) is 0 Å². The molecule has 0 aliphatic carbocycles. The Bertz CT molecular complexity index is 1110. The Morgan fingerprint density at radius 3 is 1.36 bits per heavy atom. The first-order valence-electron chi connectivity index (χ1n) is 24.7. The zero-order valence-corrected chi connectivity index (χ0v) is 38.6. The van der Waals surface area contributed by atoms with Crippen molar-refractivity contribution in [3.8, 4) is 0 Å². The van der Waals surface area contributed by atoms with E-state index in [4.69, 9.17) is 4.74 Å². The summed E-state index contributed by atoms with van der Waals surface area (Å²) < 4.78 is 5.88. The lowest BCUT2D eigenvalue weighted by atomic mass is 10.0. The highest BCUT2D eigenvalue weighted by Crippen LogP contribution is 2.17. The molecule has 3 atom stereocenters. The third-order valence-corrected chi connectivity index (χ3v) is 11.0. The zero-order valence-electron chi connectivity index (χ0n) is 38.6. The van der Waals surface area contributed by atoms with E-state index < -0.39 is 18.2 Å². The summed E-state index contributed by atoms with van der Waals surface area (Å²) in [6, 6.07) is -0.726. The summed E-state index contributed by atoms with van der Waals surface area (Å²) >= 11 is 0. The summed E-state index contributed by atoms with van der Waals surface area (Å²) in [5.74, 6) is -0.550. The number of unbranched alkanes of at least 4 members (excludes halogenated alkanes) is 24. The summed E-state index contributed by atoms with van der Waals surface area (Å²) in [5, 5.41) is 23.7. The number of amides is 1. The topological polar surface area (TPSA) is 95.9 Å². The normalized spacial score (nSPS) is 13.9. The Labute approximate surface area is 364 Å². The highest BCUT2D eigenvalue weighted by Gasteiger charge is 2.24. The van der Waals surface area contributed by atoms with Gasteiger partial charge in [-0.25, -0.2) is 0 Å². The van der Waals surface area contributed by atoms with Gasteiger partial charge in [-0.1, -0.05) is 248 Å². The Balaban J connectivity index is 4.71. The average molecular weight is 824 g/mol. The van der Waals surface area contributed by atoms with Crippen molar-refractivity contribution in [2.75, 3.05) is 6.61 Å². The lowest BCUT2D eigenvalue weighted by Gasteiger charge is -2.24. The number of rotatable bonds is 43. The van der Waals surface area contributed by atoms with E-state index in [2.05, 4.69) is 38.2 Å². The third kappa shape index (κ3) is 41.8. The fourth-order valence-corrected chi connectivity index (χ4v) is 7.23. The lowest BCUT2D eigenvalue weighted by molar-refractivity contribution is -0.151. The van der Waals surface area contributed by atoms with Crippen LogP contribution in [0.3, 0.4) is 0 Å². The second kappa shape index (κ2) is 46.4. The number of nitrogens with one attached hydrogen (secondary N) is 1. The van der Waals surface area contributed by atoms with Crippen LogP contribution in [0.1, 0.15) is 226 Å². The van der Waals surface area contributed by atoms with Gasteiger partial charge in [0, 0.05) is 6.42 Å². The average Bonchev–Trinajstić information content (AvgIpc) is 3.23. The van der Waals surface area contributed by atoms with E-state index in [0.717, 1.165) is 57.8 Å². The molecule has 3 N–H and O–H groups in total. The molecule has 0 saturated heterocycles. The van der Waals surface area contributed by atoms with Crippen molar-refractivity contribution in [3.05, 3.63) is 72.9 Å². The van der Waals surface area contributed by atoms with Gasteiger partial charge in [0.05, 0.1) is 25.2 Å². The maximum absolute atomic E-state index is 13.2. The molecule has 59 heavy (non-hydrogen) atoms. The van der Waals surface area contributed by atoms with Crippen molar-refractivity contribution in [1.29, 1.82) is 0 Å². The largest absolute Gasteiger partial charge is 0.462 e. The molecule has 6 nitrogen and oxygen atoms in total. The van der Waals surface area contributed by atoms with E-state index >= 15 is 0 Å². The molecule has 0 aromatic heterocycles. The minimum absolute atomic E-state index is 0.0259. The quantitative estimate of drug-likeness (QED) is 0.0323. The van der Waals surface area contributed by atoms with E-state index in [-0.39, 0.29) is 24.9 Å². The summed E-state index contributed by atoms with van der Waals surface area (Å²) in [6.07, 6.45) is 58.2. The molecule has 0 aliphatic heterocycles. The van der Waals surface area contributed by atoms with Crippen LogP contribution in [0.4, 0.5) is 0 Å². The Hall–Kier alpha value is -2.70. The Morgan fingerprint density at radius 2 is 0.915 bits per heavy atom. The van der Waals surface area contributed by atoms with Gasteiger partial charge >= 0.3 is 5.97 Å². The summed E-state index contributed by atoms with van der Waals surface area (Å²) in [7, 11) is 0. The number of hydrogen-bond acceptors (Lipinski definition) is 5. The molecule has 0 spiro atoms. The van der Waals surface area contributed by atoms with Crippen molar-refractivity contribution in [3.63, 3.8) is 0 Å². The Kier molecular flexibility index (Phi) is 44.2. The number of aliphatic hydroxyl groups excluding tert-OH is 2. The van der Waals surface area contributed by atoms with Crippen molar-refractivity contribution < 1.29 is 24.5 Å². The van der Waals surface area contributed by atoms with Gasteiger partial charge in [0.1, 0.15) is 6.10 Å². The Morgan fingerprint density at radius 1 is 0.508 bits per heavy atom. The fourth-order valence-electron chi connectivity index (χ4n) is 7.23. The van der Waals surface area contributed by atoms with Crippen LogP contribution in [0.25, 0.3) is 0 Å². The van der Waals surface area contributed by atoms with Gasteiger partial charge in [0.25, 0.3) is 0 Å². The second-order valence-corrected chi connectivity index (χ2v) is 16.6. The molecule has 6 heteroatoms. The van der Waals surface area contributed by atoms with Crippen LogP contribution in [0.15, 0.2) is 72.9 Å². The standard InChI is InChI=1S/C53H93NO5/c1-4-7-10-13-16-19-22-24-26-27-30-32-35-38-41-44-49(59-53(58)46-43-40-37-34-29-21-18-15-12-9-6-3)47-52(57)54-50(48-55)51(56)45-42-39-36-33-31-28-25-23-20-17-14-11-8-5-2/h7,10,13,16,19,22,24,26-27,30,32,35,49-51,55-56H,4-6,8-9,11-12,14-15,17-18,20-21,23,25,28-29,31,33-34,36-48H2,1-3H3,(H,54,57)/b10-7-,16-13+,22-19+,26-24-,30-27+,35-32+. The predicted molar refractivity (Wildman–Crippen MR) is 255 cm³/mol. The van der Waals surface area contributed by atoms with Crippen LogP contribution >= 0.6 is 0 Å². The monoisotopic (exact) mass is 824 g/mol. The first-order valence-corrected chi connectivity index (χ1v) is 24.7. The molecule has 0 aromatic rings. The summed E-state index contributed by atoms with van der Waals surface area (Å²) in [4.78, 5) is 26.0. The van der Waals surface area contributed by atoms with Crippen molar-refractivity contribution >= 4 is 11.9 Å². The fraction of sp³-hybridized carbons (Fsp3) is 0.736. The molecule has 0 saturated carbocycles. The minimum atomic E-state index is -0.808. The molecule has 0 aliphatic rings. The molecule has 0 fully saturated rings. The van der Waals surface area contributed by atoms with Crippen molar-refractivity contribution in [2.45, 2.75) is 244 Å². The molecule has 1 amide bonds. The zero-order chi connectivity index (χ0) is 43.1. The number of aliphatic hydroxyl groups is 2. The van der Waals surface area contributed by atoms with Gasteiger partial charge in [-0.05, 0) is 38.5 Å². The lowest BCUT2D eigenvalue weighted by Crippen LogP contribution is -2.46. The molecule has 0 radical (unpaired) electrons. The smallest absolute Gasteiger partial charge is 0.306 e. The maximum Gasteiger partial charge on any atom is 0.306 e. The third-order valence-electron chi connectivity index (χ3n) is 11.0. The number of ether oxygens (including phenoxy) is 1. The molecule has 0 heterocycles. The minimum Gasteiger partial charge on any atom is -0.462 e. The highest BCUT2D eigenvalue weighted by molar-refractivity contribution is 5.77. The second-order valence-electron chi connectivity index (χ2n) is 16.6. The van der Waals surface area contributed by atoms with Crippen LogP contribution in [-0.2, 0) is 14.3 Å². The van der Waals surface area contributed by atoms with E-state index in [1.165, 1.54) is 122 Å². The van der Waals surface area contributed by atoms with Gasteiger partial charge in [-0.15, -0.1) is 0 Å². The van der Waals surface area contributed by atoms with Crippen LogP contribution in [0, 0.1) is 0 Å². The molecular weight excluding hydrogens is 731 g/mol. The first kappa shape index (κ1) is 56.3. The van der Waals surface area contributed by atoms with E-state index in [1.54, 1.807) is 0 Å². The first-order chi connectivity index (χ1) is 29.0. The summed E-state index contributed by atoms with van der Waals surface area (Å²) in [5.41, 5.74) is 0. The number of carbonyl (C=O) groups is 2. The van der Waals surface area contributed by atoms with Gasteiger partial charge in [-0.3, -0.25) is 9.59 Å². The van der Waals surface area contributed by atoms with Gasteiger partial charge in [-0.2, -0.15) is 0 Å². The maximum atomic E-state index is 13.2. The number of carbonyl (C=O) groups excluding carboxylic acids is 2. The van der Waals surface area contributed by atoms with E-state index in [1.807, 2.05) is 60.8 Å². The van der Waals surface area contributed by atoms with E-state index in [9.17, 15) is 19.8 Å². The van der Waals surface area contributed by atoms with Crippen molar-refractivity contribution in [1.82, 2.24) is 5.32 Å². The molecule has 3 unspecified atom stereocenters.